The van der Waals surface area contributed by atoms with Gasteiger partial charge in [-0.15, -0.1) is 0 Å². The number of rotatable bonds is 5. The number of benzene rings is 1. The van der Waals surface area contributed by atoms with Crippen LogP contribution < -0.4 is 11.1 Å². The largest absolute Gasteiger partial charge is 0.396 e. The van der Waals surface area contributed by atoms with E-state index < -0.39 is 0 Å². The molecule has 0 radical (unpaired) electrons. The molecule has 3 N–H and O–H groups in total. The molecule has 0 bridgehead atoms. The van der Waals surface area contributed by atoms with E-state index in [1.54, 1.807) is 12.3 Å². The molecule has 0 aliphatic rings. The standard InChI is InChI=1S/C14H17FN4O/c1-10-6-12(15)3-2-11(10)4-5-17-14(20)9-19-8-13(16)7-18-19/h2-3,6-8H,4-5,9,16H2,1H3,(H,17,20). The molecule has 1 amide bonds. The lowest BCUT2D eigenvalue weighted by atomic mass is 10.1. The maximum atomic E-state index is 13.0. The number of aryl methyl sites for hydroxylation is 1. The van der Waals surface area contributed by atoms with Crippen molar-refractivity contribution < 1.29 is 9.18 Å². The lowest BCUT2D eigenvalue weighted by molar-refractivity contribution is -0.121. The fraction of sp³-hybridized carbons (Fsp3) is 0.286. The molecule has 2 aromatic rings. The number of carbonyl (C=O) groups excluding carboxylic acids is 1. The van der Waals surface area contributed by atoms with Gasteiger partial charge in [0.15, 0.2) is 0 Å². The van der Waals surface area contributed by atoms with Crippen molar-refractivity contribution in [2.75, 3.05) is 12.3 Å². The highest BCUT2D eigenvalue weighted by Crippen LogP contribution is 2.10. The van der Waals surface area contributed by atoms with Crippen molar-refractivity contribution in [3.05, 3.63) is 47.5 Å². The number of nitrogens with two attached hydrogens (primary N) is 1. The average molecular weight is 276 g/mol. The Bertz CT molecular complexity index is 609. The molecule has 1 aromatic heterocycles. The van der Waals surface area contributed by atoms with Crippen LogP contribution in [-0.2, 0) is 17.8 Å². The molecule has 0 saturated heterocycles. The summed E-state index contributed by atoms with van der Waals surface area (Å²) in [5.41, 5.74) is 7.95. The fourth-order valence-corrected chi connectivity index (χ4v) is 1.95. The molecule has 0 fully saturated rings. The highest BCUT2D eigenvalue weighted by atomic mass is 19.1. The van der Waals surface area contributed by atoms with Gasteiger partial charge in [-0.05, 0) is 36.6 Å². The number of carbonyl (C=O) groups is 1. The third kappa shape index (κ3) is 3.81. The van der Waals surface area contributed by atoms with Crippen LogP contribution in [0.15, 0.2) is 30.6 Å². The first-order chi connectivity index (χ1) is 9.54. The van der Waals surface area contributed by atoms with Crippen LogP contribution in [0.1, 0.15) is 11.1 Å². The smallest absolute Gasteiger partial charge is 0.241 e. The van der Waals surface area contributed by atoms with E-state index in [1.807, 2.05) is 6.92 Å². The van der Waals surface area contributed by atoms with E-state index in [0.717, 1.165) is 11.1 Å². The number of hydrogen-bond acceptors (Lipinski definition) is 3. The van der Waals surface area contributed by atoms with Gasteiger partial charge in [0.05, 0.1) is 11.9 Å². The topological polar surface area (TPSA) is 72.9 Å². The molecule has 0 unspecified atom stereocenters. The Labute approximate surface area is 116 Å². The Morgan fingerprint density at radius 1 is 1.50 bits per heavy atom. The van der Waals surface area contributed by atoms with Gasteiger partial charge >= 0.3 is 0 Å². The van der Waals surface area contributed by atoms with Gasteiger partial charge in [-0.1, -0.05) is 6.07 Å². The van der Waals surface area contributed by atoms with Gasteiger partial charge in [-0.2, -0.15) is 5.10 Å². The number of amides is 1. The van der Waals surface area contributed by atoms with Gasteiger partial charge in [-0.25, -0.2) is 4.39 Å². The van der Waals surface area contributed by atoms with Crippen molar-refractivity contribution in [2.45, 2.75) is 19.9 Å². The summed E-state index contributed by atoms with van der Waals surface area (Å²) in [5.74, 6) is -0.376. The molecule has 20 heavy (non-hydrogen) atoms. The van der Waals surface area contributed by atoms with Crippen LogP contribution in [0.25, 0.3) is 0 Å². The first-order valence-electron chi connectivity index (χ1n) is 6.34. The number of hydrogen-bond donors (Lipinski definition) is 2. The van der Waals surface area contributed by atoms with Crippen molar-refractivity contribution in [2.24, 2.45) is 0 Å². The summed E-state index contributed by atoms with van der Waals surface area (Å²) in [6.07, 6.45) is 3.76. The average Bonchev–Trinajstić information content (AvgIpc) is 2.77. The van der Waals surface area contributed by atoms with Crippen LogP contribution in [0, 0.1) is 12.7 Å². The SMILES string of the molecule is Cc1cc(F)ccc1CCNC(=O)Cn1cc(N)cn1. The maximum absolute atomic E-state index is 13.0. The minimum atomic E-state index is -0.244. The molecule has 1 aromatic carbocycles. The van der Waals surface area contributed by atoms with Crippen LogP contribution in [0.5, 0.6) is 0 Å². The quantitative estimate of drug-likeness (QED) is 0.863. The van der Waals surface area contributed by atoms with Crippen LogP contribution in [0.4, 0.5) is 10.1 Å². The molecule has 106 valence electrons. The van der Waals surface area contributed by atoms with Gasteiger partial charge in [0.25, 0.3) is 0 Å². The second-order valence-corrected chi connectivity index (χ2v) is 4.64. The lowest BCUT2D eigenvalue weighted by Crippen LogP contribution is -2.29. The van der Waals surface area contributed by atoms with Crippen LogP contribution >= 0.6 is 0 Å². The molecule has 5 nitrogen and oxygen atoms in total. The Balaban J connectivity index is 1.79. The van der Waals surface area contributed by atoms with Crippen LogP contribution in [0.2, 0.25) is 0 Å². The summed E-state index contributed by atoms with van der Waals surface area (Å²) in [6, 6.07) is 4.66. The molecule has 0 saturated carbocycles. The zero-order chi connectivity index (χ0) is 14.5. The third-order valence-corrected chi connectivity index (χ3v) is 2.98. The van der Waals surface area contributed by atoms with Crippen LogP contribution in [0.3, 0.4) is 0 Å². The molecule has 0 atom stereocenters. The Hall–Kier alpha value is -2.37. The predicted octanol–water partition coefficient (Wildman–Crippen LogP) is 1.27. The molecular formula is C14H17FN4O. The van der Waals surface area contributed by atoms with E-state index in [4.69, 9.17) is 5.73 Å². The zero-order valence-electron chi connectivity index (χ0n) is 11.3. The van der Waals surface area contributed by atoms with E-state index in [2.05, 4.69) is 10.4 Å². The molecule has 6 heteroatoms. The normalized spacial score (nSPS) is 10.5. The van der Waals surface area contributed by atoms with E-state index in [-0.39, 0.29) is 18.3 Å². The highest BCUT2D eigenvalue weighted by molar-refractivity contribution is 5.75. The Kier molecular flexibility index (Phi) is 4.34. The maximum Gasteiger partial charge on any atom is 0.241 e. The fourth-order valence-electron chi connectivity index (χ4n) is 1.95. The second-order valence-electron chi connectivity index (χ2n) is 4.64. The van der Waals surface area contributed by atoms with Gasteiger partial charge in [0.1, 0.15) is 12.4 Å². The highest BCUT2D eigenvalue weighted by Gasteiger charge is 2.05. The predicted molar refractivity (Wildman–Crippen MR) is 74.5 cm³/mol. The summed E-state index contributed by atoms with van der Waals surface area (Å²) in [5, 5.41) is 6.73. The zero-order valence-corrected chi connectivity index (χ0v) is 11.3. The molecule has 0 aliphatic heterocycles. The first kappa shape index (κ1) is 14.0. The number of aromatic nitrogens is 2. The molecule has 0 spiro atoms. The van der Waals surface area contributed by atoms with Crippen molar-refractivity contribution in [1.82, 2.24) is 15.1 Å². The summed E-state index contributed by atoms with van der Waals surface area (Å²) in [4.78, 5) is 11.7. The minimum Gasteiger partial charge on any atom is -0.396 e. The molecule has 1 heterocycles. The monoisotopic (exact) mass is 276 g/mol. The first-order valence-corrected chi connectivity index (χ1v) is 6.34. The van der Waals surface area contributed by atoms with Crippen LogP contribution in [-0.4, -0.2) is 22.2 Å². The number of nitrogens with one attached hydrogen (secondary N) is 1. The Morgan fingerprint density at radius 2 is 2.30 bits per heavy atom. The lowest BCUT2D eigenvalue weighted by Gasteiger charge is -2.08. The number of nitrogens with zero attached hydrogens (tertiary/aromatic N) is 2. The summed E-state index contributed by atoms with van der Waals surface area (Å²) >= 11 is 0. The van der Waals surface area contributed by atoms with Gasteiger partial charge in [0.2, 0.25) is 5.91 Å². The summed E-state index contributed by atoms with van der Waals surface area (Å²) < 4.78 is 14.4. The van der Waals surface area contributed by atoms with Crippen molar-refractivity contribution >= 4 is 11.6 Å². The number of nitrogen functional groups attached to an aromatic ring is 1. The van der Waals surface area contributed by atoms with Crippen molar-refractivity contribution in [3.8, 4) is 0 Å². The van der Waals surface area contributed by atoms with Crippen molar-refractivity contribution in [3.63, 3.8) is 0 Å². The van der Waals surface area contributed by atoms with E-state index in [1.165, 1.54) is 23.0 Å². The van der Waals surface area contributed by atoms with Gasteiger partial charge < -0.3 is 11.1 Å². The Morgan fingerprint density at radius 3 is 2.95 bits per heavy atom. The number of halogens is 1. The number of anilines is 1. The molecule has 0 aliphatic carbocycles. The minimum absolute atomic E-state index is 0.132. The van der Waals surface area contributed by atoms with E-state index >= 15 is 0 Å². The summed E-state index contributed by atoms with van der Waals surface area (Å²) in [6.45, 7) is 2.49. The van der Waals surface area contributed by atoms with Crippen molar-refractivity contribution in [1.29, 1.82) is 0 Å². The second kappa shape index (κ2) is 6.18. The van der Waals surface area contributed by atoms with E-state index in [9.17, 15) is 9.18 Å². The van der Waals surface area contributed by atoms with E-state index in [0.29, 0.717) is 18.7 Å². The summed E-state index contributed by atoms with van der Waals surface area (Å²) in [7, 11) is 0. The van der Waals surface area contributed by atoms with Gasteiger partial charge in [0, 0.05) is 12.7 Å². The molecular weight excluding hydrogens is 259 g/mol. The molecule has 2 rings (SSSR count). The van der Waals surface area contributed by atoms with Gasteiger partial charge in [-0.3, -0.25) is 9.48 Å². The third-order valence-electron chi connectivity index (χ3n) is 2.98.